The maximum Gasteiger partial charge on any atom is 0.410 e. The molecule has 5 nitrogen and oxygen atoms in total. The van der Waals surface area contributed by atoms with Crippen LogP contribution in [-0.2, 0) is 11.3 Å². The molecule has 0 aromatic carbocycles. The van der Waals surface area contributed by atoms with Crippen LogP contribution in [0.25, 0.3) is 0 Å². The Morgan fingerprint density at radius 2 is 2.09 bits per heavy atom. The lowest BCUT2D eigenvalue weighted by molar-refractivity contribution is 0.0198. The van der Waals surface area contributed by atoms with E-state index in [1.807, 2.05) is 33.2 Å². The Labute approximate surface area is 133 Å². The number of nitrogens with one attached hydrogen (secondary N) is 1. The first-order chi connectivity index (χ1) is 10.3. The fourth-order valence-corrected chi connectivity index (χ4v) is 2.55. The van der Waals surface area contributed by atoms with Crippen molar-refractivity contribution in [2.24, 2.45) is 0 Å². The third-order valence-electron chi connectivity index (χ3n) is 3.86. The van der Waals surface area contributed by atoms with Gasteiger partial charge in [-0.25, -0.2) is 4.79 Å². The average Bonchev–Trinajstić information content (AvgIpc) is 2.45. The number of piperidine rings is 1. The van der Waals surface area contributed by atoms with Crippen LogP contribution in [0.15, 0.2) is 18.5 Å². The second kappa shape index (κ2) is 7.09. The zero-order valence-corrected chi connectivity index (χ0v) is 14.1. The van der Waals surface area contributed by atoms with Crippen LogP contribution in [-0.4, -0.2) is 40.7 Å². The summed E-state index contributed by atoms with van der Waals surface area (Å²) in [7, 11) is 0. The molecule has 0 atom stereocenters. The number of carbonyl (C=O) groups is 1. The van der Waals surface area contributed by atoms with Crippen molar-refractivity contribution >= 4 is 6.09 Å². The van der Waals surface area contributed by atoms with E-state index in [0.29, 0.717) is 6.04 Å². The second-order valence-electron chi connectivity index (χ2n) is 6.92. The molecular formula is C17H27N3O2. The van der Waals surface area contributed by atoms with E-state index in [0.717, 1.165) is 32.5 Å². The lowest BCUT2D eigenvalue weighted by Crippen LogP contribution is -2.46. The number of likely N-dealkylation sites (tertiary alicyclic amines) is 1. The van der Waals surface area contributed by atoms with Gasteiger partial charge in [0, 0.05) is 38.1 Å². The van der Waals surface area contributed by atoms with Crippen LogP contribution < -0.4 is 5.32 Å². The average molecular weight is 305 g/mol. The summed E-state index contributed by atoms with van der Waals surface area (Å²) in [6, 6.07) is 2.50. The first-order valence-electron chi connectivity index (χ1n) is 7.96. The Hall–Kier alpha value is -1.62. The molecular weight excluding hydrogens is 278 g/mol. The molecule has 22 heavy (non-hydrogen) atoms. The van der Waals surface area contributed by atoms with E-state index in [1.165, 1.54) is 11.1 Å². The first-order valence-corrected chi connectivity index (χ1v) is 7.96. The fraction of sp³-hybridized carbons (Fsp3) is 0.647. The molecule has 5 heteroatoms. The number of hydrogen-bond donors (Lipinski definition) is 1. The SMILES string of the molecule is Cc1cnccc1CNC1CCN(C(=O)OC(C)(C)C)CC1. The predicted octanol–water partition coefficient (Wildman–Crippen LogP) is 2.88. The summed E-state index contributed by atoms with van der Waals surface area (Å²) < 4.78 is 5.42. The molecule has 0 bridgehead atoms. The van der Waals surface area contributed by atoms with E-state index in [1.54, 1.807) is 4.90 Å². The molecule has 1 aliphatic heterocycles. The Balaban J connectivity index is 1.76. The molecule has 1 fully saturated rings. The summed E-state index contributed by atoms with van der Waals surface area (Å²) in [5.74, 6) is 0. The molecule has 1 aliphatic rings. The van der Waals surface area contributed by atoms with E-state index < -0.39 is 5.60 Å². The molecule has 1 aromatic heterocycles. The van der Waals surface area contributed by atoms with Crippen LogP contribution in [0.5, 0.6) is 0 Å². The number of nitrogens with zero attached hydrogens (tertiary/aromatic N) is 2. The van der Waals surface area contributed by atoms with Gasteiger partial charge in [-0.2, -0.15) is 0 Å². The molecule has 0 spiro atoms. The Morgan fingerprint density at radius 3 is 2.68 bits per heavy atom. The minimum Gasteiger partial charge on any atom is -0.444 e. The number of aryl methyl sites for hydroxylation is 1. The Kier molecular flexibility index (Phi) is 5.40. The van der Waals surface area contributed by atoms with Crippen molar-refractivity contribution in [3.63, 3.8) is 0 Å². The molecule has 1 saturated heterocycles. The molecule has 1 amide bonds. The van der Waals surface area contributed by atoms with Crippen molar-refractivity contribution in [2.75, 3.05) is 13.1 Å². The molecule has 0 radical (unpaired) electrons. The van der Waals surface area contributed by atoms with Gasteiger partial charge in [0.1, 0.15) is 5.60 Å². The van der Waals surface area contributed by atoms with Gasteiger partial charge in [0.15, 0.2) is 0 Å². The molecule has 0 saturated carbocycles. The summed E-state index contributed by atoms with van der Waals surface area (Å²) in [5, 5.41) is 3.58. The molecule has 1 aromatic rings. The topological polar surface area (TPSA) is 54.5 Å². The first kappa shape index (κ1) is 16.7. The fourth-order valence-electron chi connectivity index (χ4n) is 2.55. The number of pyridine rings is 1. The largest absolute Gasteiger partial charge is 0.444 e. The smallest absolute Gasteiger partial charge is 0.410 e. The van der Waals surface area contributed by atoms with Gasteiger partial charge in [-0.15, -0.1) is 0 Å². The molecule has 1 N–H and O–H groups in total. The minimum absolute atomic E-state index is 0.198. The van der Waals surface area contributed by atoms with Crippen molar-refractivity contribution in [3.8, 4) is 0 Å². The van der Waals surface area contributed by atoms with Crippen LogP contribution in [0.4, 0.5) is 4.79 Å². The van der Waals surface area contributed by atoms with E-state index >= 15 is 0 Å². The highest BCUT2D eigenvalue weighted by molar-refractivity contribution is 5.68. The summed E-state index contributed by atoms with van der Waals surface area (Å²) in [6.45, 7) is 10.1. The zero-order valence-electron chi connectivity index (χ0n) is 14.1. The quantitative estimate of drug-likeness (QED) is 0.933. The standard InChI is InChI=1S/C17H27N3O2/c1-13-11-18-8-5-14(13)12-19-15-6-9-20(10-7-15)16(21)22-17(2,3)4/h5,8,11,15,19H,6-7,9-10,12H2,1-4H3. The second-order valence-corrected chi connectivity index (χ2v) is 6.92. The van der Waals surface area contributed by atoms with Gasteiger partial charge in [0.2, 0.25) is 0 Å². The molecule has 0 unspecified atom stereocenters. The van der Waals surface area contributed by atoms with Crippen LogP contribution in [0.3, 0.4) is 0 Å². The third-order valence-corrected chi connectivity index (χ3v) is 3.86. The van der Waals surface area contributed by atoms with Crippen molar-refractivity contribution in [1.82, 2.24) is 15.2 Å². The minimum atomic E-state index is -0.426. The highest BCUT2D eigenvalue weighted by Gasteiger charge is 2.26. The van der Waals surface area contributed by atoms with Crippen LogP contribution in [0.2, 0.25) is 0 Å². The van der Waals surface area contributed by atoms with Crippen molar-refractivity contribution in [2.45, 2.75) is 58.7 Å². The molecule has 122 valence electrons. The van der Waals surface area contributed by atoms with Crippen molar-refractivity contribution in [1.29, 1.82) is 0 Å². The Bertz CT molecular complexity index is 503. The van der Waals surface area contributed by atoms with E-state index in [9.17, 15) is 4.79 Å². The molecule has 2 rings (SSSR count). The lowest BCUT2D eigenvalue weighted by Gasteiger charge is -2.33. The van der Waals surface area contributed by atoms with E-state index in [-0.39, 0.29) is 6.09 Å². The van der Waals surface area contributed by atoms with Crippen molar-refractivity contribution < 1.29 is 9.53 Å². The van der Waals surface area contributed by atoms with Gasteiger partial charge in [0.25, 0.3) is 0 Å². The van der Waals surface area contributed by atoms with Crippen LogP contribution in [0, 0.1) is 6.92 Å². The number of rotatable bonds is 3. The predicted molar refractivity (Wildman–Crippen MR) is 86.6 cm³/mol. The van der Waals surface area contributed by atoms with E-state index in [4.69, 9.17) is 4.74 Å². The van der Waals surface area contributed by atoms with Crippen LogP contribution in [0.1, 0.15) is 44.7 Å². The van der Waals surface area contributed by atoms with Crippen LogP contribution >= 0.6 is 0 Å². The highest BCUT2D eigenvalue weighted by Crippen LogP contribution is 2.16. The number of ether oxygens (including phenoxy) is 1. The Morgan fingerprint density at radius 1 is 1.41 bits per heavy atom. The van der Waals surface area contributed by atoms with E-state index in [2.05, 4.69) is 23.3 Å². The number of hydrogen-bond acceptors (Lipinski definition) is 4. The maximum atomic E-state index is 12.0. The molecule has 2 heterocycles. The van der Waals surface area contributed by atoms with Gasteiger partial charge in [0.05, 0.1) is 0 Å². The molecule has 0 aliphatic carbocycles. The summed E-state index contributed by atoms with van der Waals surface area (Å²) in [5.41, 5.74) is 2.07. The monoisotopic (exact) mass is 305 g/mol. The number of carbonyl (C=O) groups excluding carboxylic acids is 1. The number of aromatic nitrogens is 1. The van der Waals surface area contributed by atoms with Gasteiger partial charge in [-0.05, 0) is 57.7 Å². The normalized spacial score (nSPS) is 16.6. The van der Waals surface area contributed by atoms with Gasteiger partial charge >= 0.3 is 6.09 Å². The van der Waals surface area contributed by atoms with Gasteiger partial charge in [-0.1, -0.05) is 0 Å². The van der Waals surface area contributed by atoms with Gasteiger partial charge < -0.3 is 15.0 Å². The summed E-state index contributed by atoms with van der Waals surface area (Å²) >= 11 is 0. The van der Waals surface area contributed by atoms with Crippen molar-refractivity contribution in [3.05, 3.63) is 29.6 Å². The summed E-state index contributed by atoms with van der Waals surface area (Å²) in [4.78, 5) is 17.9. The maximum absolute atomic E-state index is 12.0. The highest BCUT2D eigenvalue weighted by atomic mass is 16.6. The summed E-state index contributed by atoms with van der Waals surface area (Å²) in [6.07, 6.45) is 5.44. The van der Waals surface area contributed by atoms with Gasteiger partial charge in [-0.3, -0.25) is 4.98 Å². The number of amides is 1. The lowest BCUT2D eigenvalue weighted by atomic mass is 10.0. The zero-order chi connectivity index (χ0) is 16.2. The third kappa shape index (κ3) is 4.98.